The van der Waals surface area contributed by atoms with Crippen molar-refractivity contribution < 1.29 is 19.1 Å². The molecule has 7 heteroatoms. The standard InChI is InChI=1S/C20H19N3O4/c24-18(11-17-20(26)23-15-6-1-2-7-16(15)27-17)21-14-5-3-4-12(10-14)19(25)22-13-8-9-13/h1-7,10,13,17H,8-9,11H2,(H,21,24)(H,22,25)(H,23,26)/t17-/m0/s1. The number of carbonyl (C=O) groups excluding carboxylic acids is 3. The highest BCUT2D eigenvalue weighted by Gasteiger charge is 2.29. The van der Waals surface area contributed by atoms with Gasteiger partial charge in [0.1, 0.15) is 5.75 Å². The monoisotopic (exact) mass is 365 g/mol. The van der Waals surface area contributed by atoms with Crippen LogP contribution in [0.25, 0.3) is 0 Å². The number of hydrogen-bond acceptors (Lipinski definition) is 4. The van der Waals surface area contributed by atoms with Crippen LogP contribution in [-0.2, 0) is 9.59 Å². The predicted octanol–water partition coefficient (Wildman–Crippen LogP) is 2.31. The molecular formula is C20H19N3O4. The van der Waals surface area contributed by atoms with E-state index >= 15 is 0 Å². The Morgan fingerprint density at radius 2 is 1.93 bits per heavy atom. The number of anilines is 2. The minimum absolute atomic E-state index is 0.126. The number of ether oxygens (including phenoxy) is 1. The Morgan fingerprint density at radius 3 is 2.74 bits per heavy atom. The van der Waals surface area contributed by atoms with Gasteiger partial charge in [0.2, 0.25) is 5.91 Å². The zero-order valence-electron chi connectivity index (χ0n) is 14.5. The van der Waals surface area contributed by atoms with Crippen molar-refractivity contribution in [2.45, 2.75) is 31.4 Å². The van der Waals surface area contributed by atoms with Gasteiger partial charge in [0, 0.05) is 17.3 Å². The number of para-hydroxylation sites is 2. The molecule has 0 bridgehead atoms. The number of amides is 3. The minimum atomic E-state index is -0.902. The molecule has 1 heterocycles. The number of carbonyl (C=O) groups is 3. The van der Waals surface area contributed by atoms with E-state index in [0.717, 1.165) is 12.8 Å². The number of hydrogen-bond donors (Lipinski definition) is 3. The predicted molar refractivity (Wildman–Crippen MR) is 99.7 cm³/mol. The van der Waals surface area contributed by atoms with Gasteiger partial charge >= 0.3 is 0 Å². The van der Waals surface area contributed by atoms with Crippen LogP contribution in [0.4, 0.5) is 11.4 Å². The van der Waals surface area contributed by atoms with Crippen LogP contribution in [0.5, 0.6) is 5.75 Å². The van der Waals surface area contributed by atoms with Crippen LogP contribution in [0.2, 0.25) is 0 Å². The normalized spacial score (nSPS) is 17.9. The Balaban J connectivity index is 1.38. The molecule has 3 N–H and O–H groups in total. The van der Waals surface area contributed by atoms with Crippen LogP contribution in [0.3, 0.4) is 0 Å². The van der Waals surface area contributed by atoms with E-state index in [4.69, 9.17) is 4.74 Å². The maximum absolute atomic E-state index is 12.3. The van der Waals surface area contributed by atoms with Gasteiger partial charge in [-0.2, -0.15) is 0 Å². The Bertz CT molecular complexity index is 908. The van der Waals surface area contributed by atoms with Gasteiger partial charge in [-0.1, -0.05) is 18.2 Å². The second-order valence-corrected chi connectivity index (χ2v) is 6.67. The third kappa shape index (κ3) is 4.08. The lowest BCUT2D eigenvalue weighted by Gasteiger charge is -2.25. The molecule has 7 nitrogen and oxygen atoms in total. The van der Waals surface area contributed by atoms with Gasteiger partial charge in [0.05, 0.1) is 12.1 Å². The summed E-state index contributed by atoms with van der Waals surface area (Å²) < 4.78 is 5.63. The zero-order valence-corrected chi connectivity index (χ0v) is 14.5. The molecule has 0 unspecified atom stereocenters. The lowest BCUT2D eigenvalue weighted by Crippen LogP contribution is -2.39. The highest BCUT2D eigenvalue weighted by molar-refractivity contribution is 6.02. The van der Waals surface area contributed by atoms with Gasteiger partial charge in [-0.25, -0.2) is 0 Å². The van der Waals surface area contributed by atoms with Gasteiger partial charge < -0.3 is 20.7 Å². The Morgan fingerprint density at radius 1 is 1.11 bits per heavy atom. The highest BCUT2D eigenvalue weighted by Crippen LogP contribution is 2.29. The molecular weight excluding hydrogens is 346 g/mol. The first-order valence-electron chi connectivity index (χ1n) is 8.86. The summed E-state index contributed by atoms with van der Waals surface area (Å²) in [5, 5.41) is 8.36. The van der Waals surface area contributed by atoms with Crippen molar-refractivity contribution in [3.05, 3.63) is 54.1 Å². The van der Waals surface area contributed by atoms with E-state index in [1.54, 1.807) is 48.5 Å². The molecule has 4 rings (SSSR count). The third-order valence-corrected chi connectivity index (χ3v) is 4.40. The van der Waals surface area contributed by atoms with Crippen molar-refractivity contribution in [3.63, 3.8) is 0 Å². The summed E-state index contributed by atoms with van der Waals surface area (Å²) in [7, 11) is 0. The summed E-state index contributed by atoms with van der Waals surface area (Å²) in [6.07, 6.45) is 0.989. The first kappa shape index (κ1) is 17.1. The molecule has 2 aliphatic rings. The molecule has 138 valence electrons. The summed E-state index contributed by atoms with van der Waals surface area (Å²) in [6.45, 7) is 0. The summed E-state index contributed by atoms with van der Waals surface area (Å²) in [6, 6.07) is 14.0. The second-order valence-electron chi connectivity index (χ2n) is 6.67. The van der Waals surface area contributed by atoms with Crippen LogP contribution in [0.1, 0.15) is 29.6 Å². The Kier molecular flexibility index (Phi) is 4.50. The van der Waals surface area contributed by atoms with E-state index in [1.807, 2.05) is 0 Å². The van der Waals surface area contributed by atoms with E-state index in [2.05, 4.69) is 16.0 Å². The number of rotatable bonds is 5. The quantitative estimate of drug-likeness (QED) is 0.757. The van der Waals surface area contributed by atoms with Crippen molar-refractivity contribution in [2.24, 2.45) is 0 Å². The number of nitrogens with one attached hydrogen (secondary N) is 3. The van der Waals surface area contributed by atoms with Crippen molar-refractivity contribution in [2.75, 3.05) is 10.6 Å². The Labute approximate surface area is 156 Å². The molecule has 0 saturated heterocycles. The topological polar surface area (TPSA) is 96.5 Å². The van der Waals surface area contributed by atoms with Crippen molar-refractivity contribution in [1.82, 2.24) is 5.32 Å². The first-order chi connectivity index (χ1) is 13.1. The van der Waals surface area contributed by atoms with Crippen molar-refractivity contribution >= 4 is 29.1 Å². The Hall–Kier alpha value is -3.35. The van der Waals surface area contributed by atoms with Crippen LogP contribution in [0.15, 0.2) is 48.5 Å². The number of benzene rings is 2. The zero-order chi connectivity index (χ0) is 18.8. The summed E-state index contributed by atoms with van der Waals surface area (Å²) >= 11 is 0. The molecule has 1 atom stereocenters. The SMILES string of the molecule is O=C(C[C@@H]1Oc2ccccc2NC1=O)Nc1cccc(C(=O)NC2CC2)c1. The van der Waals surface area contributed by atoms with Crippen LogP contribution >= 0.6 is 0 Å². The summed E-state index contributed by atoms with van der Waals surface area (Å²) in [5.74, 6) is -0.343. The first-order valence-corrected chi connectivity index (χ1v) is 8.86. The van der Waals surface area contributed by atoms with Crippen LogP contribution in [-0.4, -0.2) is 29.9 Å². The molecule has 27 heavy (non-hydrogen) atoms. The minimum Gasteiger partial charge on any atom is -0.478 e. The average Bonchev–Trinajstić information content (AvgIpc) is 3.46. The molecule has 2 aromatic rings. The van der Waals surface area contributed by atoms with E-state index < -0.39 is 6.10 Å². The van der Waals surface area contributed by atoms with Crippen molar-refractivity contribution in [1.29, 1.82) is 0 Å². The van der Waals surface area contributed by atoms with E-state index in [-0.39, 0.29) is 30.2 Å². The fourth-order valence-electron chi connectivity index (χ4n) is 2.84. The van der Waals surface area contributed by atoms with Crippen molar-refractivity contribution in [3.8, 4) is 5.75 Å². The van der Waals surface area contributed by atoms with E-state index in [1.165, 1.54) is 0 Å². The fraction of sp³-hybridized carbons (Fsp3) is 0.250. The third-order valence-electron chi connectivity index (χ3n) is 4.40. The number of fused-ring (bicyclic) bond motifs is 1. The molecule has 1 aliphatic heterocycles. The van der Waals surface area contributed by atoms with Gasteiger partial charge in [0.15, 0.2) is 6.10 Å². The molecule has 0 aromatic heterocycles. The molecule has 3 amide bonds. The maximum Gasteiger partial charge on any atom is 0.266 e. The van der Waals surface area contributed by atoms with Gasteiger partial charge in [-0.15, -0.1) is 0 Å². The molecule has 0 radical (unpaired) electrons. The van der Waals surface area contributed by atoms with Crippen LogP contribution < -0.4 is 20.7 Å². The average molecular weight is 365 g/mol. The van der Waals surface area contributed by atoms with E-state index in [0.29, 0.717) is 22.7 Å². The smallest absolute Gasteiger partial charge is 0.266 e. The second kappa shape index (κ2) is 7.11. The molecule has 2 aromatic carbocycles. The van der Waals surface area contributed by atoms with Gasteiger partial charge in [0.25, 0.3) is 11.8 Å². The van der Waals surface area contributed by atoms with Gasteiger partial charge in [-0.3, -0.25) is 14.4 Å². The largest absolute Gasteiger partial charge is 0.478 e. The highest BCUT2D eigenvalue weighted by atomic mass is 16.5. The molecule has 1 aliphatic carbocycles. The fourth-order valence-corrected chi connectivity index (χ4v) is 2.84. The van der Waals surface area contributed by atoms with Gasteiger partial charge in [-0.05, 0) is 43.2 Å². The maximum atomic E-state index is 12.3. The van der Waals surface area contributed by atoms with E-state index in [9.17, 15) is 14.4 Å². The summed E-state index contributed by atoms with van der Waals surface area (Å²) in [5.41, 5.74) is 1.58. The lowest BCUT2D eigenvalue weighted by molar-refractivity contribution is -0.128. The molecule has 0 spiro atoms. The molecule has 1 fully saturated rings. The van der Waals surface area contributed by atoms with Crippen LogP contribution in [0, 0.1) is 0 Å². The summed E-state index contributed by atoms with van der Waals surface area (Å²) in [4.78, 5) is 36.6. The lowest BCUT2D eigenvalue weighted by atomic mass is 10.1. The molecule has 1 saturated carbocycles.